The van der Waals surface area contributed by atoms with Gasteiger partial charge in [0.05, 0.1) is 34.8 Å². The van der Waals surface area contributed by atoms with Gasteiger partial charge in [-0.2, -0.15) is 0 Å². The van der Waals surface area contributed by atoms with E-state index >= 15 is 0 Å². The van der Waals surface area contributed by atoms with Gasteiger partial charge in [0, 0.05) is 38.3 Å². The van der Waals surface area contributed by atoms with Crippen LogP contribution < -0.4 is 4.90 Å². The van der Waals surface area contributed by atoms with Crippen molar-refractivity contribution in [3.05, 3.63) is 63.2 Å². The van der Waals surface area contributed by atoms with E-state index in [4.69, 9.17) is 9.72 Å². The lowest BCUT2D eigenvalue weighted by molar-refractivity contribution is -0.384. The van der Waals surface area contributed by atoms with Gasteiger partial charge in [-0.15, -0.1) is 0 Å². The van der Waals surface area contributed by atoms with Crippen LogP contribution in [-0.4, -0.2) is 60.1 Å². The number of hydrogen-bond donors (Lipinski definition) is 0. The van der Waals surface area contributed by atoms with Gasteiger partial charge >= 0.3 is 0 Å². The van der Waals surface area contributed by atoms with Crippen molar-refractivity contribution in [3.63, 3.8) is 0 Å². The summed E-state index contributed by atoms with van der Waals surface area (Å²) in [5.74, 6) is -0.0689. The number of non-ortho nitro benzene ring substituents is 1. The molecule has 4 rings (SSSR count). The van der Waals surface area contributed by atoms with Crippen LogP contribution in [0.1, 0.15) is 16.7 Å². The van der Waals surface area contributed by atoms with Gasteiger partial charge in [0.2, 0.25) is 5.91 Å². The van der Waals surface area contributed by atoms with Crippen LogP contribution in [0.15, 0.2) is 36.4 Å². The normalized spacial score (nSPS) is 14.6. The number of benzene rings is 2. The Morgan fingerprint density at radius 1 is 1.22 bits per heavy atom. The number of nitro benzene ring substituents is 1. The first kappa shape index (κ1) is 22.3. The van der Waals surface area contributed by atoms with Crippen LogP contribution in [0.2, 0.25) is 0 Å². The van der Waals surface area contributed by atoms with Crippen molar-refractivity contribution in [2.75, 3.05) is 44.3 Å². The van der Waals surface area contributed by atoms with E-state index in [1.54, 1.807) is 17.0 Å². The SMILES string of the molecule is Cc1cc(C)c2sc(N(CCN3CCOCC3)C(=O)Cc3ccc([N+](=O)[O-])cc3)nc2c1. The molecule has 0 saturated carbocycles. The van der Waals surface area contributed by atoms with E-state index in [2.05, 4.69) is 17.9 Å². The molecule has 0 atom stereocenters. The summed E-state index contributed by atoms with van der Waals surface area (Å²) in [4.78, 5) is 32.7. The Labute approximate surface area is 190 Å². The van der Waals surface area contributed by atoms with E-state index < -0.39 is 4.92 Å². The number of nitro groups is 1. The molecule has 0 unspecified atom stereocenters. The van der Waals surface area contributed by atoms with Crippen molar-refractivity contribution < 1.29 is 14.5 Å². The molecule has 168 valence electrons. The Balaban J connectivity index is 1.58. The highest BCUT2D eigenvalue weighted by molar-refractivity contribution is 7.22. The van der Waals surface area contributed by atoms with Crippen molar-refractivity contribution in [2.24, 2.45) is 0 Å². The zero-order valence-corrected chi connectivity index (χ0v) is 19.1. The summed E-state index contributed by atoms with van der Waals surface area (Å²) in [5, 5.41) is 11.6. The molecule has 1 saturated heterocycles. The quantitative estimate of drug-likeness (QED) is 0.399. The van der Waals surface area contributed by atoms with E-state index in [1.165, 1.54) is 23.5 Å². The third kappa shape index (κ3) is 5.12. The predicted octanol–water partition coefficient (Wildman–Crippen LogP) is 3.73. The maximum absolute atomic E-state index is 13.3. The molecule has 0 N–H and O–H groups in total. The standard InChI is InChI=1S/C23H26N4O4S/c1-16-13-17(2)22-20(14-16)24-23(32-22)26(8-7-25-9-11-31-12-10-25)21(28)15-18-3-5-19(6-4-18)27(29)30/h3-6,13-14H,7-12,15H2,1-2H3. The molecule has 0 spiro atoms. The molecule has 8 nitrogen and oxygen atoms in total. The van der Waals surface area contributed by atoms with Gasteiger partial charge in [-0.1, -0.05) is 29.5 Å². The second-order valence-corrected chi connectivity index (χ2v) is 9.00. The topological polar surface area (TPSA) is 88.8 Å². The van der Waals surface area contributed by atoms with E-state index in [0.29, 0.717) is 24.9 Å². The Hall–Kier alpha value is -2.88. The molecular weight excluding hydrogens is 428 g/mol. The fourth-order valence-corrected chi connectivity index (χ4v) is 4.94. The second kappa shape index (κ2) is 9.72. The summed E-state index contributed by atoms with van der Waals surface area (Å²) in [6.45, 7) is 8.49. The molecule has 0 radical (unpaired) electrons. The van der Waals surface area contributed by atoms with Crippen LogP contribution in [-0.2, 0) is 16.0 Å². The number of nitrogens with zero attached hydrogens (tertiary/aromatic N) is 4. The first-order chi connectivity index (χ1) is 15.4. The van der Waals surface area contributed by atoms with Crippen LogP contribution >= 0.6 is 11.3 Å². The number of carbonyl (C=O) groups is 1. The zero-order chi connectivity index (χ0) is 22.7. The van der Waals surface area contributed by atoms with Gasteiger partial charge in [0.1, 0.15) is 0 Å². The highest BCUT2D eigenvalue weighted by Gasteiger charge is 2.22. The number of aromatic nitrogens is 1. The number of rotatable bonds is 7. The fourth-order valence-electron chi connectivity index (χ4n) is 3.88. The predicted molar refractivity (Wildman–Crippen MR) is 126 cm³/mol. The largest absolute Gasteiger partial charge is 0.379 e. The molecule has 1 amide bonds. The number of anilines is 1. The minimum Gasteiger partial charge on any atom is -0.379 e. The number of morpholine rings is 1. The summed E-state index contributed by atoms with van der Waals surface area (Å²) < 4.78 is 6.52. The lowest BCUT2D eigenvalue weighted by Gasteiger charge is -2.29. The van der Waals surface area contributed by atoms with E-state index in [9.17, 15) is 14.9 Å². The Morgan fingerprint density at radius 2 is 1.94 bits per heavy atom. The molecule has 1 aliphatic heterocycles. The first-order valence-electron chi connectivity index (χ1n) is 10.6. The van der Waals surface area contributed by atoms with Crippen molar-refractivity contribution in [3.8, 4) is 0 Å². The molecule has 2 aromatic carbocycles. The van der Waals surface area contributed by atoms with Crippen molar-refractivity contribution in [2.45, 2.75) is 20.3 Å². The molecule has 1 fully saturated rings. The first-order valence-corrected chi connectivity index (χ1v) is 11.4. The van der Waals surface area contributed by atoms with Gasteiger partial charge in [0.15, 0.2) is 5.13 Å². The van der Waals surface area contributed by atoms with E-state index in [-0.39, 0.29) is 18.0 Å². The molecular formula is C23H26N4O4S. The van der Waals surface area contributed by atoms with Gasteiger partial charge in [0.25, 0.3) is 5.69 Å². The lowest BCUT2D eigenvalue weighted by Crippen LogP contribution is -2.43. The monoisotopic (exact) mass is 454 g/mol. The van der Waals surface area contributed by atoms with Crippen LogP contribution in [0, 0.1) is 24.0 Å². The second-order valence-electron chi connectivity index (χ2n) is 8.03. The van der Waals surface area contributed by atoms with E-state index in [0.717, 1.165) is 46.5 Å². The highest BCUT2D eigenvalue weighted by atomic mass is 32.1. The minimum absolute atomic E-state index is 0.0161. The van der Waals surface area contributed by atoms with Crippen molar-refractivity contribution >= 4 is 38.3 Å². The van der Waals surface area contributed by atoms with Crippen molar-refractivity contribution in [1.82, 2.24) is 9.88 Å². The lowest BCUT2D eigenvalue weighted by atomic mass is 10.1. The smallest absolute Gasteiger partial charge is 0.269 e. The van der Waals surface area contributed by atoms with E-state index in [1.807, 2.05) is 13.0 Å². The highest BCUT2D eigenvalue weighted by Crippen LogP contribution is 2.32. The van der Waals surface area contributed by atoms with Gasteiger partial charge in [-0.25, -0.2) is 4.98 Å². The molecule has 1 aromatic heterocycles. The average molecular weight is 455 g/mol. The van der Waals surface area contributed by atoms with Crippen LogP contribution in [0.3, 0.4) is 0 Å². The summed E-state index contributed by atoms with van der Waals surface area (Å²) in [6, 6.07) is 10.3. The van der Waals surface area contributed by atoms with Gasteiger partial charge in [-0.3, -0.25) is 24.7 Å². The molecule has 0 aliphatic carbocycles. The van der Waals surface area contributed by atoms with Gasteiger partial charge < -0.3 is 4.74 Å². The number of thiazole rings is 1. The minimum atomic E-state index is -0.439. The zero-order valence-electron chi connectivity index (χ0n) is 18.2. The molecule has 1 aliphatic rings. The van der Waals surface area contributed by atoms with Crippen molar-refractivity contribution in [1.29, 1.82) is 0 Å². The fraction of sp³-hybridized carbons (Fsp3) is 0.391. The number of aryl methyl sites for hydroxylation is 2. The Bertz CT molecular complexity index is 1120. The Morgan fingerprint density at radius 3 is 2.62 bits per heavy atom. The number of amides is 1. The number of ether oxygens (including phenoxy) is 1. The van der Waals surface area contributed by atoms with Crippen LogP contribution in [0.4, 0.5) is 10.8 Å². The average Bonchev–Trinajstić information content (AvgIpc) is 3.19. The summed E-state index contributed by atoms with van der Waals surface area (Å²) in [6.07, 6.45) is 0.162. The summed E-state index contributed by atoms with van der Waals surface area (Å²) in [7, 11) is 0. The molecule has 2 heterocycles. The third-order valence-electron chi connectivity index (χ3n) is 5.59. The van der Waals surface area contributed by atoms with Crippen LogP contribution in [0.5, 0.6) is 0 Å². The molecule has 32 heavy (non-hydrogen) atoms. The number of carbonyl (C=O) groups excluding carboxylic acids is 1. The molecule has 9 heteroatoms. The molecule has 3 aromatic rings. The molecule has 0 bridgehead atoms. The van der Waals surface area contributed by atoms with Gasteiger partial charge in [-0.05, 0) is 36.6 Å². The number of hydrogen-bond acceptors (Lipinski definition) is 7. The number of fused-ring (bicyclic) bond motifs is 1. The van der Waals surface area contributed by atoms with Crippen LogP contribution in [0.25, 0.3) is 10.2 Å². The Kier molecular flexibility index (Phi) is 6.78. The maximum Gasteiger partial charge on any atom is 0.269 e. The summed E-state index contributed by atoms with van der Waals surface area (Å²) in [5.41, 5.74) is 3.96. The summed E-state index contributed by atoms with van der Waals surface area (Å²) >= 11 is 1.53. The maximum atomic E-state index is 13.3. The third-order valence-corrected chi connectivity index (χ3v) is 6.82.